The lowest BCUT2D eigenvalue weighted by Crippen LogP contribution is -2.05. The van der Waals surface area contributed by atoms with Gasteiger partial charge in [0.2, 0.25) is 5.95 Å². The van der Waals surface area contributed by atoms with Crippen LogP contribution in [0, 0.1) is 0 Å². The molecule has 7 heteroatoms. The third-order valence-electron chi connectivity index (χ3n) is 2.71. The van der Waals surface area contributed by atoms with E-state index in [4.69, 9.17) is 19.9 Å². The normalized spacial score (nSPS) is 10.2. The van der Waals surface area contributed by atoms with E-state index >= 15 is 0 Å². The quantitative estimate of drug-likeness (QED) is 0.868. The zero-order valence-corrected chi connectivity index (χ0v) is 12.3. The van der Waals surface area contributed by atoms with E-state index in [1.54, 1.807) is 26.4 Å². The third kappa shape index (κ3) is 3.50. The first-order valence-corrected chi connectivity index (χ1v) is 6.54. The average Bonchev–Trinajstić information content (AvgIpc) is 2.51. The standard InChI is InChI=1S/C14H18N4O3/c1-4-7-21-14-17-12(16-13(15)18-14)9-5-6-10(19-2)11(8-9)20-3/h5-6,8H,4,7H2,1-3H3,(H2,15,16,17,18). The van der Waals surface area contributed by atoms with Crippen LogP contribution >= 0.6 is 0 Å². The molecule has 0 fully saturated rings. The second-order valence-electron chi connectivity index (χ2n) is 4.22. The van der Waals surface area contributed by atoms with Crippen LogP contribution in [0.5, 0.6) is 17.5 Å². The highest BCUT2D eigenvalue weighted by Crippen LogP contribution is 2.31. The van der Waals surface area contributed by atoms with Crippen LogP contribution in [0.25, 0.3) is 11.4 Å². The molecule has 0 aliphatic rings. The van der Waals surface area contributed by atoms with E-state index < -0.39 is 0 Å². The predicted octanol–water partition coefficient (Wildman–Crippen LogP) is 1.93. The summed E-state index contributed by atoms with van der Waals surface area (Å²) >= 11 is 0. The van der Waals surface area contributed by atoms with Crippen LogP contribution in [0.1, 0.15) is 13.3 Å². The zero-order valence-electron chi connectivity index (χ0n) is 12.3. The first-order valence-electron chi connectivity index (χ1n) is 6.54. The van der Waals surface area contributed by atoms with Crippen molar-refractivity contribution in [2.45, 2.75) is 13.3 Å². The van der Waals surface area contributed by atoms with E-state index in [1.165, 1.54) is 0 Å². The molecule has 1 heterocycles. The molecule has 0 bridgehead atoms. The highest BCUT2D eigenvalue weighted by molar-refractivity contribution is 5.61. The molecule has 21 heavy (non-hydrogen) atoms. The van der Waals surface area contributed by atoms with Crippen molar-refractivity contribution in [3.8, 4) is 28.9 Å². The van der Waals surface area contributed by atoms with Gasteiger partial charge in [-0.1, -0.05) is 6.92 Å². The van der Waals surface area contributed by atoms with Crippen molar-refractivity contribution in [1.29, 1.82) is 0 Å². The second kappa shape index (κ2) is 6.74. The van der Waals surface area contributed by atoms with Gasteiger partial charge in [0.15, 0.2) is 17.3 Å². The molecule has 1 aromatic carbocycles. The molecule has 0 aliphatic heterocycles. The van der Waals surface area contributed by atoms with Crippen LogP contribution in [0.2, 0.25) is 0 Å². The Morgan fingerprint density at radius 2 is 1.81 bits per heavy atom. The van der Waals surface area contributed by atoms with Gasteiger partial charge in [0.05, 0.1) is 20.8 Å². The number of nitrogens with two attached hydrogens (primary N) is 1. The molecule has 0 saturated carbocycles. The van der Waals surface area contributed by atoms with E-state index in [9.17, 15) is 0 Å². The maximum atomic E-state index is 5.70. The van der Waals surface area contributed by atoms with Crippen molar-refractivity contribution in [2.75, 3.05) is 26.6 Å². The lowest BCUT2D eigenvalue weighted by atomic mass is 10.2. The number of hydrogen-bond acceptors (Lipinski definition) is 7. The SMILES string of the molecule is CCCOc1nc(N)nc(-c2ccc(OC)c(OC)c2)n1. The van der Waals surface area contributed by atoms with Gasteiger partial charge in [-0.2, -0.15) is 15.0 Å². The number of benzene rings is 1. The van der Waals surface area contributed by atoms with Crippen molar-refractivity contribution in [3.63, 3.8) is 0 Å². The summed E-state index contributed by atoms with van der Waals surface area (Å²) in [6, 6.07) is 5.59. The molecule has 0 amide bonds. The van der Waals surface area contributed by atoms with E-state index in [-0.39, 0.29) is 12.0 Å². The molecule has 2 aromatic rings. The molecule has 0 saturated heterocycles. The molecular formula is C14H18N4O3. The largest absolute Gasteiger partial charge is 0.493 e. The maximum Gasteiger partial charge on any atom is 0.321 e. The molecular weight excluding hydrogens is 272 g/mol. The summed E-state index contributed by atoms with van der Waals surface area (Å²) in [7, 11) is 3.15. The number of aromatic nitrogens is 3. The Morgan fingerprint density at radius 3 is 2.48 bits per heavy atom. The van der Waals surface area contributed by atoms with Crippen molar-refractivity contribution >= 4 is 5.95 Å². The van der Waals surface area contributed by atoms with Crippen LogP contribution in [-0.4, -0.2) is 35.8 Å². The van der Waals surface area contributed by atoms with Crippen molar-refractivity contribution in [1.82, 2.24) is 15.0 Å². The summed E-state index contributed by atoms with van der Waals surface area (Å²) in [5.74, 6) is 1.76. The number of methoxy groups -OCH3 is 2. The fourth-order valence-electron chi connectivity index (χ4n) is 1.73. The van der Waals surface area contributed by atoms with Crippen LogP contribution in [0.4, 0.5) is 5.95 Å². The Bertz CT molecular complexity index is 619. The van der Waals surface area contributed by atoms with Crippen molar-refractivity contribution in [3.05, 3.63) is 18.2 Å². The molecule has 112 valence electrons. The van der Waals surface area contributed by atoms with Gasteiger partial charge < -0.3 is 19.9 Å². The molecule has 0 atom stereocenters. The number of hydrogen-bond donors (Lipinski definition) is 1. The number of ether oxygens (including phenoxy) is 3. The summed E-state index contributed by atoms with van der Waals surface area (Å²) in [5, 5.41) is 0. The Balaban J connectivity index is 2.39. The summed E-state index contributed by atoms with van der Waals surface area (Å²) in [6.07, 6.45) is 0.858. The molecule has 0 spiro atoms. The lowest BCUT2D eigenvalue weighted by molar-refractivity contribution is 0.292. The molecule has 1 aromatic heterocycles. The topological polar surface area (TPSA) is 92.4 Å². The summed E-state index contributed by atoms with van der Waals surface area (Å²) in [4.78, 5) is 12.3. The van der Waals surface area contributed by atoms with E-state index in [0.717, 1.165) is 12.0 Å². The summed E-state index contributed by atoms with van der Waals surface area (Å²) < 4.78 is 15.9. The first kappa shape index (κ1) is 14.8. The summed E-state index contributed by atoms with van der Waals surface area (Å²) in [5.41, 5.74) is 6.44. The van der Waals surface area contributed by atoms with Gasteiger partial charge in [-0.15, -0.1) is 0 Å². The van der Waals surface area contributed by atoms with Gasteiger partial charge in [0, 0.05) is 5.56 Å². The Kier molecular flexibility index (Phi) is 4.76. The van der Waals surface area contributed by atoms with Crippen molar-refractivity contribution < 1.29 is 14.2 Å². The lowest BCUT2D eigenvalue weighted by Gasteiger charge is -2.10. The van der Waals surface area contributed by atoms with Gasteiger partial charge in [-0.3, -0.25) is 0 Å². The minimum atomic E-state index is 0.112. The average molecular weight is 290 g/mol. The Morgan fingerprint density at radius 1 is 1.05 bits per heavy atom. The smallest absolute Gasteiger partial charge is 0.321 e. The van der Waals surface area contributed by atoms with E-state index in [1.807, 2.05) is 13.0 Å². The molecule has 0 unspecified atom stereocenters. The van der Waals surface area contributed by atoms with Crippen LogP contribution < -0.4 is 19.9 Å². The molecule has 7 nitrogen and oxygen atoms in total. The van der Waals surface area contributed by atoms with Crippen LogP contribution in [0.15, 0.2) is 18.2 Å². The van der Waals surface area contributed by atoms with Crippen LogP contribution in [-0.2, 0) is 0 Å². The minimum Gasteiger partial charge on any atom is -0.493 e. The predicted molar refractivity (Wildman–Crippen MR) is 78.6 cm³/mol. The Hall–Kier alpha value is -2.57. The van der Waals surface area contributed by atoms with E-state index in [2.05, 4.69) is 15.0 Å². The Labute approximate surface area is 123 Å². The monoisotopic (exact) mass is 290 g/mol. The molecule has 0 radical (unpaired) electrons. The second-order valence-corrected chi connectivity index (χ2v) is 4.22. The highest BCUT2D eigenvalue weighted by Gasteiger charge is 2.11. The fraction of sp³-hybridized carbons (Fsp3) is 0.357. The number of nitrogen functional groups attached to an aromatic ring is 1. The maximum absolute atomic E-state index is 5.70. The number of anilines is 1. The van der Waals surface area contributed by atoms with Gasteiger partial charge >= 0.3 is 6.01 Å². The highest BCUT2D eigenvalue weighted by atomic mass is 16.5. The fourth-order valence-corrected chi connectivity index (χ4v) is 1.73. The number of rotatable bonds is 6. The molecule has 0 aliphatic carbocycles. The van der Waals surface area contributed by atoms with Crippen LogP contribution in [0.3, 0.4) is 0 Å². The third-order valence-corrected chi connectivity index (χ3v) is 2.71. The summed E-state index contributed by atoms with van der Waals surface area (Å²) in [6.45, 7) is 2.52. The van der Waals surface area contributed by atoms with Gasteiger partial charge in [0.25, 0.3) is 0 Å². The van der Waals surface area contributed by atoms with Crippen molar-refractivity contribution in [2.24, 2.45) is 0 Å². The van der Waals surface area contributed by atoms with E-state index in [0.29, 0.717) is 23.9 Å². The molecule has 2 rings (SSSR count). The minimum absolute atomic E-state index is 0.112. The van der Waals surface area contributed by atoms with Gasteiger partial charge in [0.1, 0.15) is 0 Å². The van der Waals surface area contributed by atoms with Gasteiger partial charge in [-0.05, 0) is 24.6 Å². The molecule has 2 N–H and O–H groups in total. The first-order chi connectivity index (χ1) is 10.2. The zero-order chi connectivity index (χ0) is 15.2. The number of nitrogens with zero attached hydrogens (tertiary/aromatic N) is 3. The van der Waals surface area contributed by atoms with Gasteiger partial charge in [-0.25, -0.2) is 0 Å².